The normalized spacial score (nSPS) is 13.9. The van der Waals surface area contributed by atoms with Crippen LogP contribution in [0.3, 0.4) is 0 Å². The number of nitrogens with zero attached hydrogens (tertiary/aromatic N) is 2. The van der Waals surface area contributed by atoms with Gasteiger partial charge in [-0.15, -0.1) is 0 Å². The Labute approximate surface area is 126 Å². The molecule has 0 aromatic rings. The molecule has 120 valence electrons. The van der Waals surface area contributed by atoms with Gasteiger partial charge in [-0.2, -0.15) is 5.26 Å². The summed E-state index contributed by atoms with van der Waals surface area (Å²) < 4.78 is 5.33. The predicted molar refractivity (Wildman–Crippen MR) is 78.7 cm³/mol. The number of carbonyl (C=O) groups is 2. The zero-order valence-electron chi connectivity index (χ0n) is 13.5. The molecule has 0 bridgehead atoms. The molecular formula is C15H26N2O4. The van der Waals surface area contributed by atoms with Crippen LogP contribution in [-0.4, -0.2) is 40.3 Å². The van der Waals surface area contributed by atoms with Crippen LogP contribution in [0.4, 0.5) is 4.79 Å². The lowest BCUT2D eigenvalue weighted by Crippen LogP contribution is -2.42. The van der Waals surface area contributed by atoms with Gasteiger partial charge in [-0.3, -0.25) is 4.79 Å². The average Bonchev–Trinajstić information content (AvgIpc) is 2.31. The van der Waals surface area contributed by atoms with Gasteiger partial charge in [0.2, 0.25) is 0 Å². The van der Waals surface area contributed by atoms with Crippen LogP contribution < -0.4 is 0 Å². The van der Waals surface area contributed by atoms with Crippen molar-refractivity contribution in [2.45, 2.75) is 65.5 Å². The van der Waals surface area contributed by atoms with E-state index in [1.807, 2.05) is 6.07 Å². The fraction of sp³-hybridized carbons (Fsp3) is 0.800. The van der Waals surface area contributed by atoms with Gasteiger partial charge in [0.05, 0.1) is 18.4 Å². The third-order valence-electron chi connectivity index (χ3n) is 3.00. The summed E-state index contributed by atoms with van der Waals surface area (Å²) in [4.78, 5) is 24.5. The van der Waals surface area contributed by atoms with E-state index in [4.69, 9.17) is 15.1 Å². The van der Waals surface area contributed by atoms with Crippen molar-refractivity contribution in [2.75, 3.05) is 6.54 Å². The van der Waals surface area contributed by atoms with Crippen molar-refractivity contribution in [3.05, 3.63) is 0 Å². The molecule has 0 aliphatic carbocycles. The number of rotatable bonds is 7. The van der Waals surface area contributed by atoms with E-state index in [9.17, 15) is 9.59 Å². The Morgan fingerprint density at radius 2 is 1.90 bits per heavy atom. The SMILES string of the molecule is CC(CCCN(C(=O)OC(C)(C)C)C(C)CC#N)C(=O)O. The molecular weight excluding hydrogens is 272 g/mol. The van der Waals surface area contributed by atoms with E-state index in [0.717, 1.165) is 0 Å². The Hall–Kier alpha value is -1.77. The highest BCUT2D eigenvalue weighted by molar-refractivity contribution is 5.69. The smallest absolute Gasteiger partial charge is 0.410 e. The van der Waals surface area contributed by atoms with Crippen molar-refractivity contribution in [3.8, 4) is 6.07 Å². The lowest BCUT2D eigenvalue weighted by molar-refractivity contribution is -0.141. The zero-order valence-corrected chi connectivity index (χ0v) is 13.5. The third kappa shape index (κ3) is 8.18. The standard InChI is InChI=1S/C15H26N2O4/c1-11(13(18)19)7-6-10-17(12(2)8-9-16)14(20)21-15(3,4)5/h11-12H,6-8,10H2,1-5H3,(H,18,19). The van der Waals surface area contributed by atoms with Crippen LogP contribution in [0.5, 0.6) is 0 Å². The minimum atomic E-state index is -0.844. The number of hydrogen-bond acceptors (Lipinski definition) is 4. The van der Waals surface area contributed by atoms with E-state index in [2.05, 4.69) is 0 Å². The van der Waals surface area contributed by atoms with Crippen molar-refractivity contribution in [1.82, 2.24) is 4.90 Å². The van der Waals surface area contributed by atoms with Gasteiger partial charge in [-0.05, 0) is 40.5 Å². The first-order valence-electron chi connectivity index (χ1n) is 7.18. The largest absolute Gasteiger partial charge is 0.481 e. The van der Waals surface area contributed by atoms with Crippen LogP contribution in [0.2, 0.25) is 0 Å². The molecule has 0 saturated carbocycles. The maximum atomic E-state index is 12.2. The molecule has 2 atom stereocenters. The van der Waals surface area contributed by atoms with Gasteiger partial charge in [-0.1, -0.05) is 6.92 Å². The number of carboxylic acids is 1. The van der Waals surface area contributed by atoms with Gasteiger partial charge in [0.25, 0.3) is 0 Å². The number of ether oxygens (including phenoxy) is 1. The Balaban J connectivity index is 4.64. The van der Waals surface area contributed by atoms with Crippen LogP contribution in [0.25, 0.3) is 0 Å². The summed E-state index contributed by atoms with van der Waals surface area (Å²) in [5.74, 6) is -1.29. The topological polar surface area (TPSA) is 90.6 Å². The Morgan fingerprint density at radius 3 is 2.33 bits per heavy atom. The van der Waals surface area contributed by atoms with Crippen molar-refractivity contribution in [3.63, 3.8) is 0 Å². The van der Waals surface area contributed by atoms with Crippen LogP contribution in [0.15, 0.2) is 0 Å². The molecule has 0 fully saturated rings. The van der Waals surface area contributed by atoms with E-state index < -0.39 is 23.6 Å². The maximum absolute atomic E-state index is 12.2. The Kier molecular flexibility index (Phi) is 7.79. The molecule has 0 aromatic heterocycles. The van der Waals surface area contributed by atoms with Crippen LogP contribution >= 0.6 is 0 Å². The highest BCUT2D eigenvalue weighted by Gasteiger charge is 2.26. The fourth-order valence-electron chi connectivity index (χ4n) is 1.75. The third-order valence-corrected chi connectivity index (χ3v) is 3.00. The zero-order chi connectivity index (χ0) is 16.6. The molecule has 0 radical (unpaired) electrons. The Bertz CT molecular complexity index is 395. The van der Waals surface area contributed by atoms with Gasteiger partial charge in [0, 0.05) is 12.6 Å². The molecule has 0 heterocycles. The first-order chi connectivity index (χ1) is 9.58. The van der Waals surface area contributed by atoms with E-state index in [0.29, 0.717) is 19.4 Å². The van der Waals surface area contributed by atoms with Crippen LogP contribution in [-0.2, 0) is 9.53 Å². The first-order valence-corrected chi connectivity index (χ1v) is 7.18. The molecule has 6 heteroatoms. The van der Waals surface area contributed by atoms with Crippen molar-refractivity contribution in [2.24, 2.45) is 5.92 Å². The molecule has 0 rings (SSSR count). The summed E-state index contributed by atoms with van der Waals surface area (Å²) in [6.45, 7) is 9.15. The van der Waals surface area contributed by atoms with Gasteiger partial charge in [0.1, 0.15) is 5.60 Å². The Morgan fingerprint density at radius 1 is 1.33 bits per heavy atom. The van der Waals surface area contributed by atoms with E-state index in [-0.39, 0.29) is 12.5 Å². The van der Waals surface area contributed by atoms with E-state index in [1.165, 1.54) is 4.90 Å². The van der Waals surface area contributed by atoms with Crippen molar-refractivity contribution in [1.29, 1.82) is 5.26 Å². The van der Waals surface area contributed by atoms with Gasteiger partial charge in [0.15, 0.2) is 0 Å². The quantitative estimate of drug-likeness (QED) is 0.780. The highest BCUT2D eigenvalue weighted by Crippen LogP contribution is 2.15. The molecule has 0 aromatic carbocycles. The number of carbonyl (C=O) groups excluding carboxylic acids is 1. The number of amides is 1. The molecule has 21 heavy (non-hydrogen) atoms. The van der Waals surface area contributed by atoms with E-state index >= 15 is 0 Å². The van der Waals surface area contributed by atoms with Crippen molar-refractivity contribution < 1.29 is 19.4 Å². The molecule has 2 unspecified atom stereocenters. The van der Waals surface area contributed by atoms with Crippen LogP contribution in [0, 0.1) is 17.2 Å². The molecule has 0 spiro atoms. The second-order valence-electron chi connectivity index (χ2n) is 6.27. The fourth-order valence-corrected chi connectivity index (χ4v) is 1.75. The second-order valence-corrected chi connectivity index (χ2v) is 6.27. The van der Waals surface area contributed by atoms with Crippen LogP contribution in [0.1, 0.15) is 53.9 Å². The first kappa shape index (κ1) is 19.2. The summed E-state index contributed by atoms with van der Waals surface area (Å²) in [6, 6.07) is 1.78. The minimum Gasteiger partial charge on any atom is -0.481 e. The number of nitriles is 1. The predicted octanol–water partition coefficient (Wildman–Crippen LogP) is 3.03. The highest BCUT2D eigenvalue weighted by atomic mass is 16.6. The van der Waals surface area contributed by atoms with Gasteiger partial charge in [-0.25, -0.2) is 4.79 Å². The minimum absolute atomic E-state index is 0.216. The number of aliphatic carboxylic acids is 1. The number of carboxylic acid groups (broad SMARTS) is 1. The summed E-state index contributed by atoms with van der Waals surface area (Å²) in [7, 11) is 0. The average molecular weight is 298 g/mol. The molecule has 1 amide bonds. The molecule has 0 aliphatic heterocycles. The summed E-state index contributed by atoms with van der Waals surface area (Å²) in [5, 5.41) is 17.6. The van der Waals surface area contributed by atoms with Gasteiger partial charge < -0.3 is 14.7 Å². The monoisotopic (exact) mass is 298 g/mol. The summed E-state index contributed by atoms with van der Waals surface area (Å²) in [6.07, 6.45) is 0.789. The maximum Gasteiger partial charge on any atom is 0.410 e. The molecule has 0 saturated heterocycles. The number of hydrogen-bond donors (Lipinski definition) is 1. The lowest BCUT2D eigenvalue weighted by atomic mass is 10.1. The molecule has 6 nitrogen and oxygen atoms in total. The van der Waals surface area contributed by atoms with E-state index in [1.54, 1.807) is 34.6 Å². The molecule has 0 aliphatic rings. The summed E-state index contributed by atoms with van der Waals surface area (Å²) in [5.41, 5.74) is -0.601. The van der Waals surface area contributed by atoms with Crippen molar-refractivity contribution >= 4 is 12.1 Å². The summed E-state index contributed by atoms with van der Waals surface area (Å²) >= 11 is 0. The second kappa shape index (κ2) is 8.50. The lowest BCUT2D eigenvalue weighted by Gasteiger charge is -2.31. The molecule has 1 N–H and O–H groups in total. The van der Waals surface area contributed by atoms with Gasteiger partial charge >= 0.3 is 12.1 Å².